The molecule has 2 rings (SSSR count). The van der Waals surface area contributed by atoms with Crippen LogP contribution in [-0.4, -0.2) is 25.8 Å². The first-order valence-electron chi connectivity index (χ1n) is 5.54. The molecule has 0 bridgehead atoms. The Balaban J connectivity index is 2.00. The van der Waals surface area contributed by atoms with Crippen molar-refractivity contribution in [3.8, 4) is 0 Å². The van der Waals surface area contributed by atoms with Crippen LogP contribution >= 0.6 is 11.6 Å². The van der Waals surface area contributed by atoms with Gasteiger partial charge >= 0.3 is 0 Å². The van der Waals surface area contributed by atoms with Crippen molar-refractivity contribution >= 4 is 21.6 Å². The lowest BCUT2D eigenvalue weighted by molar-refractivity contribution is 0.478. The van der Waals surface area contributed by atoms with E-state index in [-0.39, 0.29) is 10.3 Å². The van der Waals surface area contributed by atoms with Crippen LogP contribution in [0.4, 0.5) is 0 Å². The molecule has 94 valence electrons. The molecular weight excluding hydrogens is 260 g/mol. The van der Waals surface area contributed by atoms with Crippen molar-refractivity contribution in [1.29, 1.82) is 0 Å². The van der Waals surface area contributed by atoms with E-state index in [4.69, 9.17) is 11.6 Å². The first kappa shape index (κ1) is 12.8. The van der Waals surface area contributed by atoms with Gasteiger partial charge in [0.1, 0.15) is 4.90 Å². The van der Waals surface area contributed by atoms with E-state index in [2.05, 4.69) is 9.71 Å². The number of aromatic nitrogens is 1. The normalized spacial score (nSPS) is 17.9. The fraction of sp³-hybridized carbons (Fsp3) is 0.545. The third-order valence-electron chi connectivity index (χ3n) is 3.16. The molecule has 1 N–H and O–H groups in total. The van der Waals surface area contributed by atoms with Crippen LogP contribution in [0, 0.1) is 5.41 Å². The van der Waals surface area contributed by atoms with E-state index in [1.165, 1.54) is 12.3 Å². The Morgan fingerprint density at radius 2 is 2.24 bits per heavy atom. The number of nitrogens with zero attached hydrogens (tertiary/aromatic N) is 1. The molecule has 0 aromatic carbocycles. The van der Waals surface area contributed by atoms with E-state index >= 15 is 0 Å². The van der Waals surface area contributed by atoms with E-state index in [1.54, 1.807) is 12.3 Å². The average molecular weight is 275 g/mol. The smallest absolute Gasteiger partial charge is 0.242 e. The Morgan fingerprint density at radius 3 is 2.76 bits per heavy atom. The van der Waals surface area contributed by atoms with Crippen LogP contribution in [0.5, 0.6) is 0 Å². The molecular formula is C11H15ClN2O2S. The summed E-state index contributed by atoms with van der Waals surface area (Å²) in [4.78, 5) is 4.02. The predicted octanol–water partition coefficient (Wildman–Crippen LogP) is 1.77. The minimum absolute atomic E-state index is 0.0943. The van der Waals surface area contributed by atoms with Gasteiger partial charge in [0.2, 0.25) is 10.0 Å². The molecule has 1 fully saturated rings. The van der Waals surface area contributed by atoms with E-state index in [0.29, 0.717) is 12.4 Å². The zero-order valence-corrected chi connectivity index (χ0v) is 11.0. The van der Waals surface area contributed by atoms with Gasteiger partial charge in [0.05, 0.1) is 0 Å². The minimum Gasteiger partial charge on any atom is -0.263 e. The summed E-state index contributed by atoms with van der Waals surface area (Å²) in [6.45, 7) is 0.469. The molecule has 1 saturated carbocycles. The van der Waals surface area contributed by atoms with Gasteiger partial charge in [-0.25, -0.2) is 13.1 Å². The predicted molar refractivity (Wildman–Crippen MR) is 66.4 cm³/mol. The highest BCUT2D eigenvalue weighted by atomic mass is 35.5. The summed E-state index contributed by atoms with van der Waals surface area (Å²) in [5, 5.41) is 0. The van der Waals surface area contributed by atoms with E-state index in [9.17, 15) is 8.42 Å². The zero-order valence-electron chi connectivity index (χ0n) is 9.39. The van der Waals surface area contributed by atoms with Crippen LogP contribution in [0.15, 0.2) is 29.4 Å². The zero-order chi connectivity index (χ0) is 12.4. The van der Waals surface area contributed by atoms with Crippen molar-refractivity contribution in [2.75, 3.05) is 12.4 Å². The van der Waals surface area contributed by atoms with E-state index < -0.39 is 10.0 Å². The second kappa shape index (κ2) is 4.92. The van der Waals surface area contributed by atoms with Gasteiger partial charge in [0.15, 0.2) is 0 Å². The average Bonchev–Trinajstić information content (AvgIpc) is 3.09. The Morgan fingerprint density at radius 1 is 1.47 bits per heavy atom. The fourth-order valence-corrected chi connectivity index (χ4v) is 3.25. The summed E-state index contributed by atoms with van der Waals surface area (Å²) in [7, 11) is -3.43. The first-order valence-corrected chi connectivity index (χ1v) is 7.55. The summed E-state index contributed by atoms with van der Waals surface area (Å²) in [6, 6.07) is 3.15. The molecule has 17 heavy (non-hydrogen) atoms. The van der Waals surface area contributed by atoms with Crippen molar-refractivity contribution in [3.05, 3.63) is 24.5 Å². The topological polar surface area (TPSA) is 59.1 Å². The monoisotopic (exact) mass is 274 g/mol. The number of nitrogens with one attached hydrogen (secondary N) is 1. The van der Waals surface area contributed by atoms with Gasteiger partial charge in [-0.1, -0.05) is 0 Å². The lowest BCUT2D eigenvalue weighted by Crippen LogP contribution is -2.30. The number of pyridine rings is 1. The highest BCUT2D eigenvalue weighted by Gasteiger charge is 2.42. The summed E-state index contributed by atoms with van der Waals surface area (Å²) in [5.74, 6) is 0.578. The number of hydrogen-bond donors (Lipinski definition) is 1. The molecule has 1 aromatic rings. The lowest BCUT2D eigenvalue weighted by Gasteiger charge is -2.14. The standard InChI is InChI=1S/C11H15ClN2O2S/c12-6-5-11(3-4-11)9-14-17(15,16)10-2-1-7-13-8-10/h1-2,7-8,14H,3-6,9H2. The maximum atomic E-state index is 11.9. The van der Waals surface area contributed by atoms with Crippen LogP contribution in [-0.2, 0) is 10.0 Å². The van der Waals surface area contributed by atoms with Crippen molar-refractivity contribution in [3.63, 3.8) is 0 Å². The van der Waals surface area contributed by atoms with Crippen LogP contribution in [0.25, 0.3) is 0 Å². The number of halogens is 1. The largest absolute Gasteiger partial charge is 0.263 e. The molecule has 0 radical (unpaired) electrons. The fourth-order valence-electron chi connectivity index (χ4n) is 1.73. The van der Waals surface area contributed by atoms with Crippen LogP contribution in [0.3, 0.4) is 0 Å². The molecule has 0 spiro atoms. The van der Waals surface area contributed by atoms with Gasteiger partial charge in [-0.3, -0.25) is 4.98 Å². The molecule has 0 atom stereocenters. The molecule has 1 heterocycles. The van der Waals surface area contributed by atoms with Crippen LogP contribution in [0.1, 0.15) is 19.3 Å². The van der Waals surface area contributed by atoms with Gasteiger partial charge < -0.3 is 0 Å². The van der Waals surface area contributed by atoms with Crippen molar-refractivity contribution < 1.29 is 8.42 Å². The highest BCUT2D eigenvalue weighted by molar-refractivity contribution is 7.89. The summed E-state index contributed by atoms with van der Waals surface area (Å²) >= 11 is 5.71. The number of rotatable bonds is 6. The minimum atomic E-state index is -3.43. The Labute approximate surface area is 106 Å². The van der Waals surface area contributed by atoms with E-state index in [0.717, 1.165) is 19.3 Å². The number of hydrogen-bond acceptors (Lipinski definition) is 3. The molecule has 0 amide bonds. The molecule has 6 heteroatoms. The first-order chi connectivity index (χ1) is 8.08. The maximum Gasteiger partial charge on any atom is 0.242 e. The molecule has 1 aliphatic rings. The lowest BCUT2D eigenvalue weighted by atomic mass is 10.1. The number of alkyl halides is 1. The highest BCUT2D eigenvalue weighted by Crippen LogP contribution is 2.48. The van der Waals surface area contributed by atoms with E-state index in [1.807, 2.05) is 0 Å². The number of sulfonamides is 1. The summed E-state index contributed by atoms with van der Waals surface area (Å²) < 4.78 is 26.5. The second-order valence-corrected chi connectivity index (χ2v) is 6.60. The third kappa shape index (κ3) is 3.18. The van der Waals surface area contributed by atoms with Crippen molar-refractivity contribution in [1.82, 2.24) is 9.71 Å². The van der Waals surface area contributed by atoms with Crippen LogP contribution in [0.2, 0.25) is 0 Å². The summed E-state index contributed by atoms with van der Waals surface area (Å²) in [5.41, 5.74) is 0.0943. The SMILES string of the molecule is O=S(=O)(NCC1(CCCl)CC1)c1cccnc1. The molecule has 4 nitrogen and oxygen atoms in total. The van der Waals surface area contributed by atoms with Gasteiger partial charge in [-0.2, -0.15) is 0 Å². The van der Waals surface area contributed by atoms with Crippen LogP contribution < -0.4 is 4.72 Å². The van der Waals surface area contributed by atoms with Crippen molar-refractivity contribution in [2.45, 2.75) is 24.2 Å². The Hall–Kier alpha value is -0.650. The second-order valence-electron chi connectivity index (χ2n) is 4.45. The van der Waals surface area contributed by atoms with Gasteiger partial charge in [-0.05, 0) is 36.8 Å². The Kier molecular flexibility index (Phi) is 3.70. The van der Waals surface area contributed by atoms with Crippen molar-refractivity contribution in [2.24, 2.45) is 5.41 Å². The molecule has 0 unspecified atom stereocenters. The van der Waals surface area contributed by atoms with Gasteiger partial charge in [0, 0.05) is 24.8 Å². The third-order valence-corrected chi connectivity index (χ3v) is 4.74. The summed E-state index contributed by atoms with van der Waals surface area (Å²) in [6.07, 6.45) is 5.87. The molecule has 1 aromatic heterocycles. The molecule has 0 aliphatic heterocycles. The maximum absolute atomic E-state index is 11.9. The van der Waals surface area contributed by atoms with Gasteiger partial charge in [0.25, 0.3) is 0 Å². The quantitative estimate of drug-likeness (QED) is 0.805. The molecule has 1 aliphatic carbocycles. The molecule has 0 saturated heterocycles. The van der Waals surface area contributed by atoms with Gasteiger partial charge in [-0.15, -0.1) is 11.6 Å². The Bertz CT molecular complexity index is 472.